The molecule has 0 radical (unpaired) electrons. The van der Waals surface area contributed by atoms with Gasteiger partial charge in [0.15, 0.2) is 0 Å². The van der Waals surface area contributed by atoms with E-state index in [9.17, 15) is 9.59 Å². The lowest BCUT2D eigenvalue weighted by molar-refractivity contribution is -0.142. The fourth-order valence-corrected chi connectivity index (χ4v) is 3.24. The van der Waals surface area contributed by atoms with Crippen molar-refractivity contribution in [2.75, 3.05) is 47.4 Å². The third-order valence-electron chi connectivity index (χ3n) is 4.58. The number of rotatable bonds is 7. The van der Waals surface area contributed by atoms with Crippen LogP contribution in [0.3, 0.4) is 0 Å². The number of hydrogen-bond donors (Lipinski definition) is 1. The lowest BCUT2D eigenvalue weighted by atomic mass is 9.88. The van der Waals surface area contributed by atoms with Crippen LogP contribution in [0, 0.1) is 5.92 Å². The number of piperidine rings is 1. The van der Waals surface area contributed by atoms with Gasteiger partial charge in [0.2, 0.25) is 11.8 Å². The van der Waals surface area contributed by atoms with Gasteiger partial charge in [-0.25, -0.2) is 0 Å². The minimum atomic E-state index is -0.164. The molecule has 0 aromatic heterocycles. The standard InChI is InChI=1S/C19H29N3O3/c1-21(2)12-11-20-19(24)16-9-10-17(15-7-5-4-6-8-15)22(13-16)18(23)14-25-3/h4-8,16-17H,9-14H2,1-3H3,(H,20,24). The van der Waals surface area contributed by atoms with Crippen molar-refractivity contribution < 1.29 is 14.3 Å². The Hall–Kier alpha value is -1.92. The Morgan fingerprint density at radius 3 is 2.60 bits per heavy atom. The first-order valence-corrected chi connectivity index (χ1v) is 8.78. The quantitative estimate of drug-likeness (QED) is 0.807. The number of likely N-dealkylation sites (N-methyl/N-ethyl adjacent to an activating group) is 1. The van der Waals surface area contributed by atoms with E-state index in [1.807, 2.05) is 49.3 Å². The number of amides is 2. The van der Waals surface area contributed by atoms with Crippen LogP contribution in [0.4, 0.5) is 0 Å². The maximum atomic E-state index is 12.5. The summed E-state index contributed by atoms with van der Waals surface area (Å²) in [4.78, 5) is 28.8. The zero-order valence-corrected chi connectivity index (χ0v) is 15.4. The van der Waals surface area contributed by atoms with Gasteiger partial charge < -0.3 is 19.9 Å². The summed E-state index contributed by atoms with van der Waals surface area (Å²) in [5.41, 5.74) is 1.11. The average Bonchev–Trinajstić information content (AvgIpc) is 2.61. The summed E-state index contributed by atoms with van der Waals surface area (Å²) in [5.74, 6) is -0.200. The van der Waals surface area contributed by atoms with Crippen molar-refractivity contribution in [1.82, 2.24) is 15.1 Å². The molecule has 2 amide bonds. The molecule has 6 heteroatoms. The summed E-state index contributed by atoms with van der Waals surface area (Å²) in [6.07, 6.45) is 1.56. The molecule has 1 aromatic rings. The number of carbonyl (C=O) groups excluding carboxylic acids is 2. The molecule has 2 atom stereocenters. The third kappa shape index (κ3) is 5.54. The zero-order valence-electron chi connectivity index (χ0n) is 15.4. The monoisotopic (exact) mass is 347 g/mol. The second-order valence-corrected chi connectivity index (χ2v) is 6.77. The molecule has 1 fully saturated rings. The molecule has 1 aliphatic heterocycles. The summed E-state index contributed by atoms with van der Waals surface area (Å²) in [6.45, 7) is 1.90. The fraction of sp³-hybridized carbons (Fsp3) is 0.579. The van der Waals surface area contributed by atoms with Crippen molar-refractivity contribution in [3.05, 3.63) is 35.9 Å². The van der Waals surface area contributed by atoms with Gasteiger partial charge in [0.25, 0.3) is 0 Å². The van der Waals surface area contributed by atoms with Crippen LogP contribution in [-0.2, 0) is 14.3 Å². The van der Waals surface area contributed by atoms with Gasteiger partial charge in [0.05, 0.1) is 12.0 Å². The predicted octanol–water partition coefficient (Wildman–Crippen LogP) is 1.29. The molecule has 138 valence electrons. The number of methoxy groups -OCH3 is 1. The van der Waals surface area contributed by atoms with Crippen LogP contribution in [0.2, 0.25) is 0 Å². The molecule has 1 aromatic carbocycles. The highest BCUT2D eigenvalue weighted by atomic mass is 16.5. The summed E-state index contributed by atoms with van der Waals surface area (Å²) in [6, 6.07) is 10.0. The molecule has 1 heterocycles. The number of benzene rings is 1. The molecule has 6 nitrogen and oxygen atoms in total. The summed E-state index contributed by atoms with van der Waals surface area (Å²) < 4.78 is 5.03. The molecule has 1 saturated heterocycles. The second kappa shape index (κ2) is 9.53. The van der Waals surface area contributed by atoms with Gasteiger partial charge in [-0.1, -0.05) is 30.3 Å². The Morgan fingerprint density at radius 2 is 1.96 bits per heavy atom. The van der Waals surface area contributed by atoms with Crippen LogP contribution in [0.5, 0.6) is 0 Å². The molecule has 0 saturated carbocycles. The molecule has 25 heavy (non-hydrogen) atoms. The van der Waals surface area contributed by atoms with Gasteiger partial charge in [-0.3, -0.25) is 9.59 Å². The van der Waals surface area contributed by atoms with Crippen molar-refractivity contribution in [2.45, 2.75) is 18.9 Å². The number of ether oxygens (including phenoxy) is 1. The molecule has 2 rings (SSSR count). The topological polar surface area (TPSA) is 61.9 Å². The molecular weight excluding hydrogens is 318 g/mol. The first-order chi connectivity index (χ1) is 12.0. The maximum Gasteiger partial charge on any atom is 0.249 e. The maximum absolute atomic E-state index is 12.5. The number of likely N-dealkylation sites (tertiary alicyclic amines) is 1. The van der Waals surface area contributed by atoms with Gasteiger partial charge in [-0.15, -0.1) is 0 Å². The Bertz CT molecular complexity index is 562. The van der Waals surface area contributed by atoms with Crippen LogP contribution in [0.25, 0.3) is 0 Å². The van der Waals surface area contributed by atoms with Gasteiger partial charge >= 0.3 is 0 Å². The Balaban J connectivity index is 2.04. The van der Waals surface area contributed by atoms with E-state index in [0.29, 0.717) is 13.1 Å². The van der Waals surface area contributed by atoms with Gasteiger partial charge in [-0.2, -0.15) is 0 Å². The molecule has 0 bridgehead atoms. The lowest BCUT2D eigenvalue weighted by Crippen LogP contribution is -2.48. The first kappa shape index (κ1) is 19.4. The van der Waals surface area contributed by atoms with E-state index < -0.39 is 0 Å². The molecule has 0 aliphatic carbocycles. The lowest BCUT2D eigenvalue weighted by Gasteiger charge is -2.39. The van der Waals surface area contributed by atoms with Gasteiger partial charge in [0.1, 0.15) is 6.61 Å². The van der Waals surface area contributed by atoms with Crippen LogP contribution in [0.15, 0.2) is 30.3 Å². The smallest absolute Gasteiger partial charge is 0.249 e. The first-order valence-electron chi connectivity index (χ1n) is 8.78. The van der Waals surface area contributed by atoms with E-state index in [1.165, 1.54) is 7.11 Å². The SMILES string of the molecule is COCC(=O)N1CC(C(=O)NCCN(C)C)CCC1c1ccccc1. The van der Waals surface area contributed by atoms with Crippen molar-refractivity contribution >= 4 is 11.8 Å². The van der Waals surface area contributed by atoms with Crippen LogP contribution < -0.4 is 5.32 Å². The van der Waals surface area contributed by atoms with E-state index in [1.54, 1.807) is 4.90 Å². The van der Waals surface area contributed by atoms with E-state index in [4.69, 9.17) is 4.74 Å². The fourth-order valence-electron chi connectivity index (χ4n) is 3.24. The van der Waals surface area contributed by atoms with Crippen LogP contribution >= 0.6 is 0 Å². The van der Waals surface area contributed by atoms with Crippen LogP contribution in [-0.4, -0.2) is 69.1 Å². The number of nitrogens with one attached hydrogen (secondary N) is 1. The molecular formula is C19H29N3O3. The minimum absolute atomic E-state index is 0.00896. The van der Waals surface area contributed by atoms with Crippen molar-refractivity contribution in [3.8, 4) is 0 Å². The van der Waals surface area contributed by atoms with E-state index in [2.05, 4.69) is 5.32 Å². The summed E-state index contributed by atoms with van der Waals surface area (Å²) in [5, 5.41) is 2.98. The Kier molecular flexibility index (Phi) is 7.40. The Labute approximate surface area is 150 Å². The number of hydrogen-bond acceptors (Lipinski definition) is 4. The van der Waals surface area contributed by atoms with E-state index in [0.717, 1.165) is 24.9 Å². The van der Waals surface area contributed by atoms with E-state index in [-0.39, 0.29) is 30.4 Å². The highest BCUT2D eigenvalue weighted by Gasteiger charge is 2.35. The molecule has 1 aliphatic rings. The zero-order chi connectivity index (χ0) is 18.2. The highest BCUT2D eigenvalue weighted by molar-refractivity contribution is 5.82. The second-order valence-electron chi connectivity index (χ2n) is 6.77. The normalized spacial score (nSPS) is 20.6. The molecule has 0 spiro atoms. The third-order valence-corrected chi connectivity index (χ3v) is 4.58. The highest BCUT2D eigenvalue weighted by Crippen LogP contribution is 2.33. The summed E-state index contributed by atoms with van der Waals surface area (Å²) >= 11 is 0. The van der Waals surface area contributed by atoms with Crippen molar-refractivity contribution in [2.24, 2.45) is 5.92 Å². The van der Waals surface area contributed by atoms with Crippen LogP contribution in [0.1, 0.15) is 24.4 Å². The molecule has 1 N–H and O–H groups in total. The summed E-state index contributed by atoms with van der Waals surface area (Å²) in [7, 11) is 5.47. The Morgan fingerprint density at radius 1 is 1.24 bits per heavy atom. The average molecular weight is 347 g/mol. The number of carbonyl (C=O) groups is 2. The number of nitrogens with zero attached hydrogens (tertiary/aromatic N) is 2. The van der Waals surface area contributed by atoms with Gasteiger partial charge in [0, 0.05) is 26.7 Å². The minimum Gasteiger partial charge on any atom is -0.375 e. The molecule has 2 unspecified atom stereocenters. The largest absolute Gasteiger partial charge is 0.375 e. The predicted molar refractivity (Wildman–Crippen MR) is 97.1 cm³/mol. The van der Waals surface area contributed by atoms with E-state index >= 15 is 0 Å². The van der Waals surface area contributed by atoms with Crippen molar-refractivity contribution in [1.29, 1.82) is 0 Å². The van der Waals surface area contributed by atoms with Gasteiger partial charge in [-0.05, 0) is 32.5 Å². The van der Waals surface area contributed by atoms with Crippen molar-refractivity contribution in [3.63, 3.8) is 0 Å².